The maximum Gasteiger partial charge on any atom is 0.292 e. The number of nitro benzene ring substituents is 1. The topological polar surface area (TPSA) is 142 Å². The van der Waals surface area contributed by atoms with E-state index in [1.54, 1.807) is 29.3 Å². The van der Waals surface area contributed by atoms with Gasteiger partial charge in [-0.3, -0.25) is 25.1 Å². The SMILES string of the molecule is Cc1cccc(S(=O)(=O)N[C@H](Cc2ccc(Cl)cc2)C(=O)NN2CCC(C(=O)N(C3CCCCC3)C(C)(C)C)CC2)c1[N+](=O)[O-]. The molecule has 2 aliphatic rings. The zero-order valence-corrected chi connectivity index (χ0v) is 28.0. The lowest BCUT2D eigenvalue weighted by molar-refractivity contribution is -0.388. The minimum atomic E-state index is -4.47. The van der Waals surface area contributed by atoms with Crippen LogP contribution >= 0.6 is 11.6 Å². The van der Waals surface area contributed by atoms with Crippen molar-refractivity contribution in [1.82, 2.24) is 20.1 Å². The van der Waals surface area contributed by atoms with Gasteiger partial charge in [-0.15, -0.1) is 0 Å². The van der Waals surface area contributed by atoms with Gasteiger partial charge in [-0.25, -0.2) is 13.4 Å². The number of hydrogen-bond acceptors (Lipinski definition) is 7. The molecular weight excluding hydrogens is 618 g/mol. The predicted octanol–water partition coefficient (Wildman–Crippen LogP) is 5.15. The second-order valence-corrected chi connectivity index (χ2v) is 15.2. The highest BCUT2D eigenvalue weighted by Crippen LogP contribution is 2.32. The number of piperidine rings is 1. The molecular formula is C32H44ClN5O6S. The normalized spacial score (nSPS) is 17.9. The van der Waals surface area contributed by atoms with E-state index in [-0.39, 0.29) is 35.4 Å². The van der Waals surface area contributed by atoms with Gasteiger partial charge < -0.3 is 4.90 Å². The van der Waals surface area contributed by atoms with E-state index in [9.17, 15) is 28.1 Å². The number of benzene rings is 2. The van der Waals surface area contributed by atoms with Crippen LogP contribution in [0.4, 0.5) is 5.69 Å². The number of amides is 2. The number of nitrogens with one attached hydrogen (secondary N) is 2. The lowest BCUT2D eigenvalue weighted by Crippen LogP contribution is -2.57. The number of rotatable bonds is 10. The Bertz CT molecular complexity index is 1480. The van der Waals surface area contributed by atoms with Crippen molar-refractivity contribution in [2.24, 2.45) is 5.92 Å². The zero-order valence-electron chi connectivity index (χ0n) is 26.4. The van der Waals surface area contributed by atoms with E-state index in [2.05, 4.69) is 35.8 Å². The Labute approximate surface area is 270 Å². The highest BCUT2D eigenvalue weighted by atomic mass is 35.5. The lowest BCUT2D eigenvalue weighted by atomic mass is 9.87. The smallest absolute Gasteiger partial charge is 0.292 e. The summed E-state index contributed by atoms with van der Waals surface area (Å²) >= 11 is 6.02. The number of nitrogens with zero attached hydrogens (tertiary/aromatic N) is 3. The molecule has 1 aliphatic carbocycles. The monoisotopic (exact) mass is 661 g/mol. The minimum absolute atomic E-state index is 0.0152. The molecule has 2 aromatic rings. The number of halogens is 1. The fourth-order valence-electron chi connectivity index (χ4n) is 6.44. The van der Waals surface area contributed by atoms with Crippen LogP contribution in [0.2, 0.25) is 5.02 Å². The lowest BCUT2D eigenvalue weighted by Gasteiger charge is -2.46. The third kappa shape index (κ3) is 8.81. The van der Waals surface area contributed by atoms with E-state index >= 15 is 0 Å². The molecule has 4 rings (SSSR count). The van der Waals surface area contributed by atoms with Crippen molar-refractivity contribution in [3.05, 3.63) is 68.7 Å². The Hall–Kier alpha value is -3.06. The molecule has 1 atom stereocenters. The van der Waals surface area contributed by atoms with E-state index in [1.807, 2.05) is 0 Å². The van der Waals surface area contributed by atoms with Crippen molar-refractivity contribution in [3.8, 4) is 0 Å². The molecule has 2 aromatic carbocycles. The summed E-state index contributed by atoms with van der Waals surface area (Å²) in [5, 5.41) is 13.9. The number of aryl methyl sites for hydroxylation is 1. The van der Waals surface area contributed by atoms with E-state index in [0.29, 0.717) is 36.5 Å². The maximum absolute atomic E-state index is 13.8. The number of hydrogen-bond donors (Lipinski definition) is 2. The summed E-state index contributed by atoms with van der Waals surface area (Å²) in [6.45, 7) is 8.56. The quantitative estimate of drug-likeness (QED) is 0.265. The van der Waals surface area contributed by atoms with Crippen molar-refractivity contribution in [1.29, 1.82) is 0 Å². The van der Waals surface area contributed by atoms with E-state index in [4.69, 9.17) is 11.6 Å². The number of carbonyl (C=O) groups is 2. The summed E-state index contributed by atoms with van der Waals surface area (Å²) in [4.78, 5) is 40.0. The number of sulfonamides is 1. The molecule has 1 saturated heterocycles. The minimum Gasteiger partial charge on any atom is -0.335 e. The van der Waals surface area contributed by atoms with Gasteiger partial charge in [-0.1, -0.05) is 55.1 Å². The van der Waals surface area contributed by atoms with E-state index in [1.165, 1.54) is 25.5 Å². The van der Waals surface area contributed by atoms with Crippen LogP contribution in [-0.4, -0.2) is 65.8 Å². The van der Waals surface area contributed by atoms with Crippen molar-refractivity contribution in [2.75, 3.05) is 13.1 Å². The molecule has 1 heterocycles. The summed E-state index contributed by atoms with van der Waals surface area (Å²) in [6.07, 6.45) is 6.61. The van der Waals surface area contributed by atoms with Crippen LogP contribution in [0.3, 0.4) is 0 Å². The van der Waals surface area contributed by atoms with Crippen LogP contribution in [0.5, 0.6) is 0 Å². The van der Waals surface area contributed by atoms with E-state index < -0.39 is 37.5 Å². The maximum atomic E-state index is 13.8. The average molecular weight is 662 g/mol. The summed E-state index contributed by atoms with van der Waals surface area (Å²) in [5.74, 6) is -0.606. The molecule has 2 amide bonds. The fraction of sp³-hybridized carbons (Fsp3) is 0.562. The Morgan fingerprint density at radius 3 is 2.24 bits per heavy atom. The van der Waals surface area contributed by atoms with Crippen LogP contribution in [0.1, 0.15) is 76.8 Å². The van der Waals surface area contributed by atoms with Crippen LogP contribution in [0, 0.1) is 23.0 Å². The van der Waals surface area contributed by atoms with Gasteiger partial charge in [-0.05, 0) is 83.6 Å². The molecule has 0 radical (unpaired) electrons. The molecule has 2 N–H and O–H groups in total. The fourth-order valence-corrected chi connectivity index (χ4v) is 8.01. The number of carbonyl (C=O) groups excluding carboxylic acids is 2. The molecule has 11 nitrogen and oxygen atoms in total. The third-order valence-electron chi connectivity index (χ3n) is 8.65. The van der Waals surface area contributed by atoms with Gasteiger partial charge in [0.15, 0.2) is 4.90 Å². The largest absolute Gasteiger partial charge is 0.335 e. The van der Waals surface area contributed by atoms with Gasteiger partial charge in [0, 0.05) is 41.2 Å². The molecule has 0 bridgehead atoms. The number of nitro groups is 1. The third-order valence-corrected chi connectivity index (χ3v) is 10.4. The molecule has 0 aromatic heterocycles. The van der Waals surface area contributed by atoms with Crippen molar-refractivity contribution >= 4 is 39.1 Å². The van der Waals surface area contributed by atoms with Crippen LogP contribution in [0.25, 0.3) is 0 Å². The Balaban J connectivity index is 1.48. The first-order valence-electron chi connectivity index (χ1n) is 15.6. The first-order chi connectivity index (χ1) is 21.2. The van der Waals surface area contributed by atoms with Crippen molar-refractivity contribution < 1.29 is 22.9 Å². The molecule has 1 aliphatic heterocycles. The van der Waals surface area contributed by atoms with Crippen LogP contribution in [-0.2, 0) is 26.0 Å². The highest BCUT2D eigenvalue weighted by Gasteiger charge is 2.39. The Morgan fingerprint density at radius 2 is 1.67 bits per heavy atom. The summed E-state index contributed by atoms with van der Waals surface area (Å²) in [6, 6.07) is 9.66. The zero-order chi connectivity index (χ0) is 32.9. The van der Waals surface area contributed by atoms with Gasteiger partial charge in [0.25, 0.3) is 11.6 Å². The molecule has 2 fully saturated rings. The Morgan fingerprint density at radius 1 is 1.04 bits per heavy atom. The van der Waals surface area contributed by atoms with Crippen molar-refractivity contribution in [2.45, 2.75) is 102 Å². The Kier molecular flexibility index (Phi) is 11.3. The standard InChI is InChI=1S/C32H44ClN5O6S/c1-22-9-8-12-28(29(22)38(41)42)45(43,44)35-27(21-23-13-15-25(33)16-14-23)30(39)34-36-19-17-24(18-20-36)31(40)37(32(2,3)4)26-10-6-5-7-11-26/h8-9,12-16,24,26-27,35H,5-7,10-11,17-21H2,1-4H3,(H,34,39)/t27-/m1/s1. The molecule has 0 unspecified atom stereocenters. The average Bonchev–Trinajstić information content (AvgIpc) is 2.97. The first-order valence-corrected chi connectivity index (χ1v) is 17.4. The second-order valence-electron chi connectivity index (χ2n) is 13.1. The summed E-state index contributed by atoms with van der Waals surface area (Å²) in [5.41, 5.74) is 2.84. The van der Waals surface area contributed by atoms with Crippen LogP contribution in [0.15, 0.2) is 47.4 Å². The first kappa shape index (κ1) is 34.8. The van der Waals surface area contributed by atoms with Gasteiger partial charge in [0.1, 0.15) is 6.04 Å². The van der Waals surface area contributed by atoms with Crippen LogP contribution < -0.4 is 10.1 Å². The molecule has 45 heavy (non-hydrogen) atoms. The summed E-state index contributed by atoms with van der Waals surface area (Å²) in [7, 11) is -4.47. The highest BCUT2D eigenvalue weighted by molar-refractivity contribution is 7.89. The predicted molar refractivity (Wildman–Crippen MR) is 173 cm³/mol. The second kappa shape index (κ2) is 14.6. The molecule has 246 valence electrons. The van der Waals surface area contributed by atoms with Gasteiger partial charge in [0.05, 0.1) is 4.92 Å². The van der Waals surface area contributed by atoms with Gasteiger partial charge in [0.2, 0.25) is 15.9 Å². The molecule has 0 spiro atoms. The van der Waals surface area contributed by atoms with Gasteiger partial charge >= 0.3 is 0 Å². The van der Waals surface area contributed by atoms with Gasteiger partial charge in [-0.2, -0.15) is 4.72 Å². The molecule has 13 heteroatoms. The number of hydrazine groups is 1. The molecule has 1 saturated carbocycles. The summed E-state index contributed by atoms with van der Waals surface area (Å²) < 4.78 is 29.4. The van der Waals surface area contributed by atoms with E-state index in [0.717, 1.165) is 31.7 Å². The number of para-hydroxylation sites is 1. The van der Waals surface area contributed by atoms with Crippen molar-refractivity contribution in [3.63, 3.8) is 0 Å².